The summed E-state index contributed by atoms with van der Waals surface area (Å²) in [5, 5.41) is 3.24. The van der Waals surface area contributed by atoms with Gasteiger partial charge in [0, 0.05) is 55.6 Å². The normalized spacial score (nSPS) is 19.9. The summed E-state index contributed by atoms with van der Waals surface area (Å²) >= 11 is 0. The lowest BCUT2D eigenvalue weighted by atomic mass is 9.94. The first-order chi connectivity index (χ1) is 15.1. The second kappa shape index (κ2) is 10.2. The van der Waals surface area contributed by atoms with Crippen molar-refractivity contribution in [1.29, 1.82) is 0 Å². The Labute approximate surface area is 184 Å². The zero-order valence-electron chi connectivity index (χ0n) is 18.5. The van der Waals surface area contributed by atoms with E-state index in [0.717, 1.165) is 68.3 Å². The number of aromatic nitrogens is 3. The number of carbonyl (C=O) groups is 1. The average molecular weight is 425 g/mol. The fraction of sp³-hybridized carbons (Fsp3) is 0.565. The van der Waals surface area contributed by atoms with Crippen molar-refractivity contribution in [1.82, 2.24) is 24.8 Å². The molecule has 2 saturated heterocycles. The SMILES string of the molecule is Cc1cc(C)nc(Nc2ccc([C@H]3CCCN(CCC(=O)N4CCOCC4)C3)nc2)n1. The zero-order valence-corrected chi connectivity index (χ0v) is 18.5. The lowest BCUT2D eigenvalue weighted by Crippen LogP contribution is -2.43. The number of pyridine rings is 1. The van der Waals surface area contributed by atoms with Crippen molar-refractivity contribution < 1.29 is 9.53 Å². The first-order valence-electron chi connectivity index (χ1n) is 11.2. The highest BCUT2D eigenvalue weighted by Crippen LogP contribution is 2.26. The average Bonchev–Trinajstić information content (AvgIpc) is 2.78. The molecule has 1 atom stereocenters. The highest BCUT2D eigenvalue weighted by atomic mass is 16.5. The molecule has 0 bridgehead atoms. The largest absolute Gasteiger partial charge is 0.378 e. The van der Waals surface area contributed by atoms with E-state index in [4.69, 9.17) is 9.72 Å². The quantitative estimate of drug-likeness (QED) is 0.763. The van der Waals surface area contributed by atoms with Crippen LogP contribution in [0.15, 0.2) is 24.4 Å². The fourth-order valence-corrected chi connectivity index (χ4v) is 4.36. The van der Waals surface area contributed by atoms with Crippen LogP contribution in [0.1, 0.15) is 42.3 Å². The van der Waals surface area contributed by atoms with E-state index in [2.05, 4.69) is 26.3 Å². The molecule has 166 valence electrons. The van der Waals surface area contributed by atoms with Crippen LogP contribution in [0.25, 0.3) is 0 Å². The summed E-state index contributed by atoms with van der Waals surface area (Å²) in [4.78, 5) is 30.3. The Morgan fingerprint density at radius 2 is 1.94 bits per heavy atom. The van der Waals surface area contributed by atoms with Crippen LogP contribution in [0.5, 0.6) is 0 Å². The smallest absolute Gasteiger partial charge is 0.227 e. The number of hydrogen-bond acceptors (Lipinski definition) is 7. The van der Waals surface area contributed by atoms with Crippen LogP contribution in [-0.2, 0) is 9.53 Å². The lowest BCUT2D eigenvalue weighted by Gasteiger charge is -2.33. The predicted octanol–water partition coefficient (Wildman–Crippen LogP) is 2.66. The molecule has 1 N–H and O–H groups in total. The van der Waals surface area contributed by atoms with Gasteiger partial charge in [-0.3, -0.25) is 9.78 Å². The van der Waals surface area contributed by atoms with Gasteiger partial charge in [0.1, 0.15) is 0 Å². The van der Waals surface area contributed by atoms with Crippen molar-refractivity contribution in [2.45, 2.75) is 39.0 Å². The van der Waals surface area contributed by atoms with Gasteiger partial charge in [0.25, 0.3) is 0 Å². The molecule has 0 saturated carbocycles. The lowest BCUT2D eigenvalue weighted by molar-refractivity contribution is -0.135. The van der Waals surface area contributed by atoms with E-state index in [1.165, 1.54) is 0 Å². The molecule has 2 aromatic heterocycles. The summed E-state index contributed by atoms with van der Waals surface area (Å²) in [6, 6.07) is 6.10. The van der Waals surface area contributed by atoms with Gasteiger partial charge >= 0.3 is 0 Å². The molecule has 31 heavy (non-hydrogen) atoms. The monoisotopic (exact) mass is 424 g/mol. The maximum absolute atomic E-state index is 12.4. The number of likely N-dealkylation sites (tertiary alicyclic amines) is 1. The third-order valence-corrected chi connectivity index (χ3v) is 5.95. The Hall–Kier alpha value is -2.58. The predicted molar refractivity (Wildman–Crippen MR) is 119 cm³/mol. The van der Waals surface area contributed by atoms with Crippen LogP contribution in [0.3, 0.4) is 0 Å². The summed E-state index contributed by atoms with van der Waals surface area (Å²) in [6.45, 7) is 9.50. The number of hydrogen-bond donors (Lipinski definition) is 1. The van der Waals surface area contributed by atoms with Gasteiger partial charge in [-0.25, -0.2) is 9.97 Å². The van der Waals surface area contributed by atoms with Crippen molar-refractivity contribution in [2.75, 3.05) is 51.3 Å². The van der Waals surface area contributed by atoms with Crippen LogP contribution in [-0.4, -0.2) is 76.6 Å². The highest BCUT2D eigenvalue weighted by Gasteiger charge is 2.24. The van der Waals surface area contributed by atoms with Crippen LogP contribution >= 0.6 is 0 Å². The molecule has 0 unspecified atom stereocenters. The van der Waals surface area contributed by atoms with Crippen molar-refractivity contribution in [3.63, 3.8) is 0 Å². The first-order valence-corrected chi connectivity index (χ1v) is 11.2. The highest BCUT2D eigenvalue weighted by molar-refractivity contribution is 5.76. The van der Waals surface area contributed by atoms with Crippen LogP contribution in [0.2, 0.25) is 0 Å². The van der Waals surface area contributed by atoms with Crippen LogP contribution in [0, 0.1) is 13.8 Å². The number of morpholine rings is 1. The van der Waals surface area contributed by atoms with E-state index < -0.39 is 0 Å². The number of carbonyl (C=O) groups excluding carboxylic acids is 1. The molecule has 2 aliphatic heterocycles. The second-order valence-corrected chi connectivity index (χ2v) is 8.45. The molecule has 0 aliphatic carbocycles. The minimum atomic E-state index is 0.243. The molecule has 2 aromatic rings. The molecule has 4 heterocycles. The fourth-order valence-electron chi connectivity index (χ4n) is 4.36. The minimum absolute atomic E-state index is 0.243. The van der Waals surface area contributed by atoms with E-state index in [0.29, 0.717) is 31.5 Å². The second-order valence-electron chi connectivity index (χ2n) is 8.45. The third-order valence-electron chi connectivity index (χ3n) is 5.95. The van der Waals surface area contributed by atoms with Crippen molar-refractivity contribution in [3.8, 4) is 0 Å². The van der Waals surface area contributed by atoms with Gasteiger partial charge in [0.05, 0.1) is 25.1 Å². The van der Waals surface area contributed by atoms with E-state index in [9.17, 15) is 4.79 Å². The van der Waals surface area contributed by atoms with Gasteiger partial charge in [-0.05, 0) is 51.4 Å². The Morgan fingerprint density at radius 1 is 1.16 bits per heavy atom. The molecule has 0 radical (unpaired) electrons. The number of ether oxygens (including phenoxy) is 1. The van der Waals surface area contributed by atoms with E-state index in [1.54, 1.807) is 0 Å². The van der Waals surface area contributed by atoms with Crippen molar-refractivity contribution in [2.24, 2.45) is 0 Å². The number of nitrogens with zero attached hydrogens (tertiary/aromatic N) is 5. The maximum atomic E-state index is 12.4. The molecule has 0 aromatic carbocycles. The van der Waals surface area contributed by atoms with E-state index in [1.807, 2.05) is 37.1 Å². The Bertz CT molecular complexity index is 862. The minimum Gasteiger partial charge on any atom is -0.378 e. The number of amides is 1. The zero-order chi connectivity index (χ0) is 21.6. The molecule has 4 rings (SSSR count). The van der Waals surface area contributed by atoms with E-state index in [-0.39, 0.29) is 5.91 Å². The van der Waals surface area contributed by atoms with Gasteiger partial charge in [-0.2, -0.15) is 0 Å². The van der Waals surface area contributed by atoms with Gasteiger partial charge < -0.3 is 19.9 Å². The van der Waals surface area contributed by atoms with Crippen LogP contribution < -0.4 is 5.32 Å². The Balaban J connectivity index is 1.30. The summed E-state index contributed by atoms with van der Waals surface area (Å²) in [6.07, 6.45) is 4.71. The summed E-state index contributed by atoms with van der Waals surface area (Å²) in [5.74, 6) is 1.24. The first kappa shape index (κ1) is 21.6. The molecular weight excluding hydrogens is 392 g/mol. The summed E-state index contributed by atoms with van der Waals surface area (Å²) < 4.78 is 5.34. The number of anilines is 2. The topological polar surface area (TPSA) is 83.5 Å². The number of rotatable bonds is 6. The molecular formula is C23H32N6O2. The Morgan fingerprint density at radius 3 is 2.65 bits per heavy atom. The maximum Gasteiger partial charge on any atom is 0.227 e. The third kappa shape index (κ3) is 5.98. The number of nitrogens with one attached hydrogen (secondary N) is 1. The van der Waals surface area contributed by atoms with Crippen molar-refractivity contribution >= 4 is 17.5 Å². The van der Waals surface area contributed by atoms with Crippen LogP contribution in [0.4, 0.5) is 11.6 Å². The molecule has 8 nitrogen and oxygen atoms in total. The van der Waals surface area contributed by atoms with E-state index >= 15 is 0 Å². The molecule has 8 heteroatoms. The summed E-state index contributed by atoms with van der Waals surface area (Å²) in [5.41, 5.74) is 3.87. The number of piperidine rings is 1. The number of aryl methyl sites for hydroxylation is 2. The van der Waals surface area contributed by atoms with Crippen molar-refractivity contribution in [3.05, 3.63) is 41.5 Å². The van der Waals surface area contributed by atoms with Gasteiger partial charge in [-0.1, -0.05) is 0 Å². The molecule has 1 amide bonds. The molecule has 0 spiro atoms. The van der Waals surface area contributed by atoms with Gasteiger partial charge in [0.15, 0.2) is 0 Å². The summed E-state index contributed by atoms with van der Waals surface area (Å²) in [7, 11) is 0. The molecule has 2 aliphatic rings. The Kier molecular flexibility index (Phi) is 7.09. The van der Waals surface area contributed by atoms with Gasteiger partial charge in [-0.15, -0.1) is 0 Å². The molecule has 2 fully saturated rings. The van der Waals surface area contributed by atoms with Gasteiger partial charge in [0.2, 0.25) is 11.9 Å². The standard InChI is InChI=1S/C23H32N6O2/c1-17-14-18(2)26-23(25-17)27-20-5-6-21(24-15-20)19-4-3-8-28(16-19)9-7-22(30)29-10-12-31-13-11-29/h5-6,14-15,19H,3-4,7-13,16H2,1-2H3,(H,25,26,27)/t19-/m0/s1.